The first-order valence-corrected chi connectivity index (χ1v) is 9.00. The van der Waals surface area contributed by atoms with E-state index in [1.54, 1.807) is 14.2 Å². The number of nitrogens with zero attached hydrogens (tertiary/aromatic N) is 1. The maximum absolute atomic E-state index is 5.25. The van der Waals surface area contributed by atoms with Gasteiger partial charge in [-0.15, -0.1) is 35.7 Å². The molecule has 136 valence electrons. The van der Waals surface area contributed by atoms with Crippen LogP contribution in [0.5, 0.6) is 0 Å². The van der Waals surface area contributed by atoms with Gasteiger partial charge in [-0.05, 0) is 23.3 Å². The molecule has 25 heavy (non-hydrogen) atoms. The van der Waals surface area contributed by atoms with Crippen molar-refractivity contribution in [3.05, 3.63) is 65.7 Å². The Morgan fingerprint density at radius 3 is 2.36 bits per heavy atom. The molecular formula is C19H26IN3OS. The molecular weight excluding hydrogens is 445 g/mol. The SMILES string of the molecule is CN=C(NCCSc1ccccc1)NCc1ccccc1COC.I. The van der Waals surface area contributed by atoms with Crippen LogP contribution in [0.4, 0.5) is 0 Å². The molecule has 2 rings (SSSR count). The average molecular weight is 471 g/mol. The van der Waals surface area contributed by atoms with Crippen molar-refractivity contribution in [3.8, 4) is 0 Å². The van der Waals surface area contributed by atoms with E-state index < -0.39 is 0 Å². The summed E-state index contributed by atoms with van der Waals surface area (Å²) in [6, 6.07) is 18.7. The van der Waals surface area contributed by atoms with Crippen molar-refractivity contribution in [1.82, 2.24) is 10.6 Å². The van der Waals surface area contributed by atoms with E-state index in [0.717, 1.165) is 24.8 Å². The van der Waals surface area contributed by atoms with Crippen LogP contribution in [0.1, 0.15) is 11.1 Å². The fourth-order valence-electron chi connectivity index (χ4n) is 2.28. The minimum atomic E-state index is 0. The summed E-state index contributed by atoms with van der Waals surface area (Å²) >= 11 is 1.83. The maximum atomic E-state index is 5.25. The maximum Gasteiger partial charge on any atom is 0.191 e. The Kier molecular flexibility index (Phi) is 11.3. The van der Waals surface area contributed by atoms with E-state index in [9.17, 15) is 0 Å². The smallest absolute Gasteiger partial charge is 0.191 e. The number of ether oxygens (including phenoxy) is 1. The zero-order chi connectivity index (χ0) is 17.0. The summed E-state index contributed by atoms with van der Waals surface area (Å²) in [6.07, 6.45) is 0. The van der Waals surface area contributed by atoms with Gasteiger partial charge in [-0.25, -0.2) is 0 Å². The standard InChI is InChI=1S/C19H25N3OS.HI/c1-20-19(21-12-13-24-18-10-4-3-5-11-18)22-14-16-8-6-7-9-17(16)15-23-2;/h3-11H,12-15H2,1-2H3,(H2,20,21,22);1H. The van der Waals surface area contributed by atoms with Gasteiger partial charge in [0.2, 0.25) is 0 Å². The molecule has 6 heteroatoms. The number of hydrogen-bond donors (Lipinski definition) is 2. The molecule has 4 nitrogen and oxygen atoms in total. The minimum absolute atomic E-state index is 0. The van der Waals surface area contributed by atoms with Gasteiger partial charge in [0.05, 0.1) is 6.61 Å². The van der Waals surface area contributed by atoms with E-state index in [1.807, 2.05) is 30.0 Å². The molecule has 0 atom stereocenters. The molecule has 0 aliphatic rings. The number of benzene rings is 2. The highest BCUT2D eigenvalue weighted by molar-refractivity contribution is 14.0. The Labute approximate surface area is 171 Å². The number of methoxy groups -OCH3 is 1. The second-order valence-corrected chi connectivity index (χ2v) is 6.38. The lowest BCUT2D eigenvalue weighted by Gasteiger charge is -2.14. The van der Waals surface area contributed by atoms with Gasteiger partial charge in [-0.1, -0.05) is 42.5 Å². The zero-order valence-corrected chi connectivity index (χ0v) is 17.8. The van der Waals surface area contributed by atoms with E-state index in [2.05, 4.69) is 52.0 Å². The number of thioether (sulfide) groups is 1. The Balaban J connectivity index is 0.00000312. The Morgan fingerprint density at radius 2 is 1.68 bits per heavy atom. The third-order valence-electron chi connectivity index (χ3n) is 3.49. The lowest BCUT2D eigenvalue weighted by atomic mass is 10.1. The molecule has 0 saturated carbocycles. The quantitative estimate of drug-likeness (QED) is 0.202. The summed E-state index contributed by atoms with van der Waals surface area (Å²) in [5.74, 6) is 1.81. The number of aliphatic imine (C=N–C) groups is 1. The molecule has 0 heterocycles. The topological polar surface area (TPSA) is 45.7 Å². The fraction of sp³-hybridized carbons (Fsp3) is 0.316. The van der Waals surface area contributed by atoms with Gasteiger partial charge in [-0.2, -0.15) is 0 Å². The van der Waals surface area contributed by atoms with Gasteiger partial charge in [-0.3, -0.25) is 4.99 Å². The second kappa shape index (κ2) is 13.0. The molecule has 0 saturated heterocycles. The highest BCUT2D eigenvalue weighted by Gasteiger charge is 2.03. The average Bonchev–Trinajstić information content (AvgIpc) is 2.63. The van der Waals surface area contributed by atoms with Crippen LogP contribution in [0.15, 0.2) is 64.5 Å². The van der Waals surface area contributed by atoms with Crippen LogP contribution >= 0.6 is 35.7 Å². The third kappa shape index (κ3) is 8.11. The largest absolute Gasteiger partial charge is 0.380 e. The van der Waals surface area contributed by atoms with Crippen molar-refractivity contribution in [2.75, 3.05) is 26.5 Å². The van der Waals surface area contributed by atoms with Crippen LogP contribution in [0.3, 0.4) is 0 Å². The van der Waals surface area contributed by atoms with Gasteiger partial charge < -0.3 is 15.4 Å². The first-order valence-electron chi connectivity index (χ1n) is 8.01. The van der Waals surface area contributed by atoms with Crippen molar-refractivity contribution in [2.24, 2.45) is 4.99 Å². The summed E-state index contributed by atoms with van der Waals surface area (Å²) in [7, 11) is 3.51. The number of halogens is 1. The highest BCUT2D eigenvalue weighted by atomic mass is 127. The number of guanidine groups is 1. The van der Waals surface area contributed by atoms with Crippen molar-refractivity contribution in [2.45, 2.75) is 18.0 Å². The van der Waals surface area contributed by atoms with Crippen molar-refractivity contribution >= 4 is 41.7 Å². The zero-order valence-electron chi connectivity index (χ0n) is 14.7. The molecule has 0 spiro atoms. The van der Waals surface area contributed by atoms with Crippen LogP contribution in [0, 0.1) is 0 Å². The monoisotopic (exact) mass is 471 g/mol. The van der Waals surface area contributed by atoms with Gasteiger partial charge in [0.25, 0.3) is 0 Å². The molecule has 2 aromatic rings. The Hall–Kier alpha value is -1.25. The summed E-state index contributed by atoms with van der Waals surface area (Å²) in [5.41, 5.74) is 2.42. The molecule has 0 aliphatic heterocycles. The van der Waals surface area contributed by atoms with E-state index in [-0.39, 0.29) is 24.0 Å². The highest BCUT2D eigenvalue weighted by Crippen LogP contribution is 2.15. The summed E-state index contributed by atoms with van der Waals surface area (Å²) < 4.78 is 5.25. The first kappa shape index (κ1) is 21.8. The van der Waals surface area contributed by atoms with E-state index in [4.69, 9.17) is 4.74 Å². The van der Waals surface area contributed by atoms with E-state index >= 15 is 0 Å². The predicted molar refractivity (Wildman–Crippen MR) is 118 cm³/mol. The summed E-state index contributed by atoms with van der Waals surface area (Å²) in [5, 5.41) is 6.71. The summed E-state index contributed by atoms with van der Waals surface area (Å²) in [6.45, 7) is 2.21. The van der Waals surface area contributed by atoms with Gasteiger partial charge in [0.1, 0.15) is 0 Å². The molecule has 0 aliphatic carbocycles. The van der Waals surface area contributed by atoms with Gasteiger partial charge in [0, 0.05) is 37.9 Å². The van der Waals surface area contributed by atoms with Crippen LogP contribution < -0.4 is 10.6 Å². The molecule has 0 amide bonds. The molecule has 0 fully saturated rings. The number of rotatable bonds is 8. The van der Waals surface area contributed by atoms with Crippen LogP contribution in [0.25, 0.3) is 0 Å². The molecule has 0 unspecified atom stereocenters. The lowest BCUT2D eigenvalue weighted by molar-refractivity contribution is 0.184. The number of hydrogen-bond acceptors (Lipinski definition) is 3. The predicted octanol–water partition coefficient (Wildman–Crippen LogP) is 3.91. The second-order valence-electron chi connectivity index (χ2n) is 5.22. The van der Waals surface area contributed by atoms with Gasteiger partial charge in [0.15, 0.2) is 5.96 Å². The lowest BCUT2D eigenvalue weighted by Crippen LogP contribution is -2.38. The minimum Gasteiger partial charge on any atom is -0.380 e. The first-order chi connectivity index (χ1) is 11.8. The van der Waals surface area contributed by atoms with Crippen LogP contribution in [-0.4, -0.2) is 32.4 Å². The van der Waals surface area contributed by atoms with Gasteiger partial charge >= 0.3 is 0 Å². The summed E-state index contributed by atoms with van der Waals surface area (Å²) in [4.78, 5) is 5.56. The van der Waals surface area contributed by atoms with Crippen molar-refractivity contribution in [3.63, 3.8) is 0 Å². The Bertz CT molecular complexity index is 638. The van der Waals surface area contributed by atoms with Crippen LogP contribution in [-0.2, 0) is 17.9 Å². The molecule has 2 N–H and O–H groups in total. The van der Waals surface area contributed by atoms with E-state index in [0.29, 0.717) is 6.61 Å². The Morgan fingerprint density at radius 1 is 1.00 bits per heavy atom. The van der Waals surface area contributed by atoms with Crippen molar-refractivity contribution in [1.29, 1.82) is 0 Å². The number of nitrogens with one attached hydrogen (secondary N) is 2. The van der Waals surface area contributed by atoms with E-state index in [1.165, 1.54) is 16.0 Å². The molecule has 0 aromatic heterocycles. The molecule has 2 aromatic carbocycles. The normalized spacial score (nSPS) is 10.9. The molecule has 0 radical (unpaired) electrons. The third-order valence-corrected chi connectivity index (χ3v) is 4.51. The molecule has 0 bridgehead atoms. The van der Waals surface area contributed by atoms with Crippen molar-refractivity contribution < 1.29 is 4.74 Å². The fourth-order valence-corrected chi connectivity index (χ4v) is 3.07. The van der Waals surface area contributed by atoms with Crippen LogP contribution in [0.2, 0.25) is 0 Å².